The molecule has 2 amide bonds. The number of methoxy groups -OCH3 is 1. The largest absolute Gasteiger partial charge is 0.495 e. The third kappa shape index (κ3) is 5.52. The van der Waals surface area contributed by atoms with E-state index in [-0.39, 0.29) is 29.0 Å². The van der Waals surface area contributed by atoms with E-state index in [1.54, 1.807) is 71.3 Å². The normalized spacial score (nSPS) is 11.3. The first-order chi connectivity index (χ1) is 16.8. The van der Waals surface area contributed by atoms with Crippen LogP contribution < -0.4 is 15.4 Å². The van der Waals surface area contributed by atoms with Gasteiger partial charge in [-0.3, -0.25) is 9.59 Å². The number of hydrogen-bond acceptors (Lipinski definition) is 5. The number of benzene rings is 3. The minimum atomic E-state index is -3.65. The first kappa shape index (κ1) is 24.0. The summed E-state index contributed by atoms with van der Waals surface area (Å²) < 4.78 is 33.4. The van der Waals surface area contributed by atoms with Crippen molar-refractivity contribution >= 4 is 43.9 Å². The molecule has 4 aromatic rings. The van der Waals surface area contributed by atoms with Gasteiger partial charge in [-0.25, -0.2) is 8.42 Å². The smallest absolute Gasteiger partial charge is 0.244 e. The van der Waals surface area contributed by atoms with Crippen LogP contribution in [0.4, 0.5) is 11.4 Å². The van der Waals surface area contributed by atoms with Crippen molar-refractivity contribution in [1.82, 2.24) is 4.57 Å². The molecule has 0 radical (unpaired) electrons. The second kappa shape index (κ2) is 10.0. The summed E-state index contributed by atoms with van der Waals surface area (Å²) in [7, 11) is -2.18. The Hall–Kier alpha value is -4.11. The fourth-order valence-electron chi connectivity index (χ4n) is 3.89. The molecular weight excluding hydrogens is 466 g/mol. The number of anilines is 2. The number of aromatic nitrogens is 1. The molecule has 0 aliphatic heterocycles. The average Bonchev–Trinajstić information content (AvgIpc) is 3.18. The van der Waals surface area contributed by atoms with Gasteiger partial charge >= 0.3 is 0 Å². The van der Waals surface area contributed by atoms with Crippen molar-refractivity contribution in [3.8, 4) is 5.75 Å². The number of fused-ring (bicyclic) bond motifs is 1. The van der Waals surface area contributed by atoms with Crippen molar-refractivity contribution in [3.63, 3.8) is 0 Å². The van der Waals surface area contributed by atoms with Crippen LogP contribution in [-0.4, -0.2) is 31.9 Å². The molecule has 0 fully saturated rings. The SMILES string of the molecule is COc1ccc(NC(C)=O)cc1NC(=O)Cn1cc(S(=O)(=O)Cc2ccccc2)c2ccccc21. The van der Waals surface area contributed by atoms with E-state index in [0.29, 0.717) is 33.6 Å². The number of nitrogens with zero attached hydrogens (tertiary/aromatic N) is 1. The van der Waals surface area contributed by atoms with Gasteiger partial charge in [-0.2, -0.15) is 0 Å². The fourth-order valence-corrected chi connectivity index (χ4v) is 5.48. The van der Waals surface area contributed by atoms with Gasteiger partial charge in [-0.15, -0.1) is 0 Å². The van der Waals surface area contributed by atoms with E-state index in [2.05, 4.69) is 10.6 Å². The molecule has 35 heavy (non-hydrogen) atoms. The van der Waals surface area contributed by atoms with Gasteiger partial charge in [0.2, 0.25) is 11.8 Å². The highest BCUT2D eigenvalue weighted by atomic mass is 32.2. The number of hydrogen-bond donors (Lipinski definition) is 2. The molecule has 0 aliphatic rings. The van der Waals surface area contributed by atoms with Gasteiger partial charge < -0.3 is 19.9 Å². The van der Waals surface area contributed by atoms with Crippen molar-refractivity contribution in [2.24, 2.45) is 0 Å². The lowest BCUT2D eigenvalue weighted by atomic mass is 10.2. The van der Waals surface area contributed by atoms with E-state index in [4.69, 9.17) is 4.74 Å². The van der Waals surface area contributed by atoms with Crippen molar-refractivity contribution < 1.29 is 22.7 Å². The summed E-state index contributed by atoms with van der Waals surface area (Å²) in [5.74, 6) is -0.330. The van der Waals surface area contributed by atoms with Crippen LogP contribution >= 0.6 is 0 Å². The highest BCUT2D eigenvalue weighted by Crippen LogP contribution is 2.30. The van der Waals surface area contributed by atoms with Gasteiger partial charge in [0.25, 0.3) is 0 Å². The first-order valence-corrected chi connectivity index (χ1v) is 12.5. The standard InChI is InChI=1S/C26H25N3O5S/c1-18(30)27-20-12-13-24(34-2)22(14-20)28-26(31)16-29-15-25(21-10-6-7-11-23(21)29)35(32,33)17-19-8-4-3-5-9-19/h3-15H,16-17H2,1-2H3,(H,27,30)(H,28,31). The first-order valence-electron chi connectivity index (χ1n) is 10.9. The maximum atomic E-state index is 13.2. The van der Waals surface area contributed by atoms with Gasteiger partial charge in [0.15, 0.2) is 9.84 Å². The summed E-state index contributed by atoms with van der Waals surface area (Å²) in [6.07, 6.45) is 1.51. The van der Waals surface area contributed by atoms with E-state index >= 15 is 0 Å². The van der Waals surface area contributed by atoms with E-state index in [1.807, 2.05) is 6.07 Å². The van der Waals surface area contributed by atoms with Gasteiger partial charge in [0, 0.05) is 29.7 Å². The molecule has 0 unspecified atom stereocenters. The Bertz CT molecular complexity index is 1490. The van der Waals surface area contributed by atoms with E-state index in [1.165, 1.54) is 20.2 Å². The average molecular weight is 492 g/mol. The summed E-state index contributed by atoms with van der Waals surface area (Å²) >= 11 is 0. The number of para-hydroxylation sites is 1. The molecule has 0 saturated heterocycles. The number of ether oxygens (including phenoxy) is 1. The Morgan fingerprint density at radius 3 is 2.37 bits per heavy atom. The van der Waals surface area contributed by atoms with E-state index in [9.17, 15) is 18.0 Å². The Morgan fingerprint density at radius 2 is 1.66 bits per heavy atom. The van der Waals surface area contributed by atoms with E-state index < -0.39 is 9.84 Å². The Morgan fingerprint density at radius 1 is 0.943 bits per heavy atom. The maximum Gasteiger partial charge on any atom is 0.244 e. The summed E-state index contributed by atoms with van der Waals surface area (Å²) in [4.78, 5) is 24.5. The van der Waals surface area contributed by atoms with Gasteiger partial charge in [-0.05, 0) is 29.8 Å². The molecule has 0 saturated carbocycles. The molecule has 0 spiro atoms. The molecule has 3 aromatic carbocycles. The Kier molecular flexibility index (Phi) is 6.88. The van der Waals surface area contributed by atoms with Crippen LogP contribution in [0, 0.1) is 0 Å². The molecule has 0 atom stereocenters. The molecule has 8 nitrogen and oxygen atoms in total. The van der Waals surface area contributed by atoms with E-state index in [0.717, 1.165) is 0 Å². The van der Waals surface area contributed by atoms with Gasteiger partial charge in [-0.1, -0.05) is 48.5 Å². The van der Waals surface area contributed by atoms with Crippen LogP contribution in [0.3, 0.4) is 0 Å². The van der Waals surface area contributed by atoms with Crippen LogP contribution in [0.15, 0.2) is 83.9 Å². The molecular formula is C26H25N3O5S. The lowest BCUT2D eigenvalue weighted by Crippen LogP contribution is -2.19. The van der Waals surface area contributed by atoms with Crippen molar-refractivity contribution in [3.05, 3.63) is 84.6 Å². The van der Waals surface area contributed by atoms with Gasteiger partial charge in [0.05, 0.1) is 23.4 Å². The lowest BCUT2D eigenvalue weighted by molar-refractivity contribution is -0.116. The quantitative estimate of drug-likeness (QED) is 0.384. The molecule has 1 heterocycles. The lowest BCUT2D eigenvalue weighted by Gasteiger charge is -2.13. The highest BCUT2D eigenvalue weighted by Gasteiger charge is 2.22. The molecule has 0 bridgehead atoms. The van der Waals surface area contributed by atoms with Crippen molar-refractivity contribution in [1.29, 1.82) is 0 Å². The summed E-state index contributed by atoms with van der Waals surface area (Å²) in [6, 6.07) is 21.0. The Labute approximate surface area is 203 Å². The van der Waals surface area contributed by atoms with Crippen LogP contribution in [0.1, 0.15) is 12.5 Å². The summed E-state index contributed by atoms with van der Waals surface area (Å²) in [5.41, 5.74) is 2.22. The van der Waals surface area contributed by atoms with Crippen LogP contribution in [0.5, 0.6) is 5.75 Å². The van der Waals surface area contributed by atoms with Crippen molar-refractivity contribution in [2.75, 3.05) is 17.7 Å². The molecule has 2 N–H and O–H groups in total. The predicted octanol–water partition coefficient (Wildman–Crippen LogP) is 4.22. The molecule has 9 heteroatoms. The molecule has 4 rings (SSSR count). The van der Waals surface area contributed by atoms with Gasteiger partial charge in [0.1, 0.15) is 12.3 Å². The zero-order valence-corrected chi connectivity index (χ0v) is 20.1. The Balaban J connectivity index is 1.62. The highest BCUT2D eigenvalue weighted by molar-refractivity contribution is 7.90. The minimum Gasteiger partial charge on any atom is -0.495 e. The number of nitrogens with one attached hydrogen (secondary N) is 2. The number of carbonyl (C=O) groups is 2. The van der Waals surface area contributed by atoms with Crippen LogP contribution in [0.2, 0.25) is 0 Å². The number of carbonyl (C=O) groups excluding carboxylic acids is 2. The third-order valence-electron chi connectivity index (χ3n) is 5.39. The minimum absolute atomic E-state index is 0.116. The molecule has 180 valence electrons. The second-order valence-corrected chi connectivity index (χ2v) is 9.99. The van der Waals surface area contributed by atoms with Crippen molar-refractivity contribution in [2.45, 2.75) is 24.1 Å². The number of sulfone groups is 1. The zero-order chi connectivity index (χ0) is 25.0. The fraction of sp³-hybridized carbons (Fsp3) is 0.154. The monoisotopic (exact) mass is 491 g/mol. The predicted molar refractivity (Wildman–Crippen MR) is 135 cm³/mol. The second-order valence-electron chi connectivity index (χ2n) is 8.03. The molecule has 0 aliphatic carbocycles. The van der Waals surface area contributed by atoms with Crippen LogP contribution in [0.25, 0.3) is 10.9 Å². The molecule has 1 aromatic heterocycles. The summed E-state index contributed by atoms with van der Waals surface area (Å²) in [6.45, 7) is 1.28. The number of rotatable bonds is 8. The van der Waals surface area contributed by atoms with Crippen LogP contribution in [-0.2, 0) is 31.7 Å². The number of amides is 2. The topological polar surface area (TPSA) is 106 Å². The summed E-state index contributed by atoms with van der Waals surface area (Å²) in [5, 5.41) is 6.01. The third-order valence-corrected chi connectivity index (χ3v) is 7.10. The zero-order valence-electron chi connectivity index (χ0n) is 19.3. The maximum absolute atomic E-state index is 13.2.